The summed E-state index contributed by atoms with van der Waals surface area (Å²) in [4.78, 5) is 15.2. The summed E-state index contributed by atoms with van der Waals surface area (Å²) in [5, 5.41) is 29.8. The fourth-order valence-corrected chi connectivity index (χ4v) is 8.04. The molecule has 1 aromatic heterocycles. The van der Waals surface area contributed by atoms with Gasteiger partial charge in [-0.3, -0.25) is 4.79 Å². The molecular formula is C24H29N3O2. The highest BCUT2D eigenvalue weighted by atomic mass is 16.3. The van der Waals surface area contributed by atoms with Crippen LogP contribution in [-0.4, -0.2) is 16.2 Å². The van der Waals surface area contributed by atoms with Gasteiger partial charge in [0.1, 0.15) is 17.7 Å². The highest BCUT2D eigenvalue weighted by Gasteiger charge is 2.60. The van der Waals surface area contributed by atoms with Crippen molar-refractivity contribution in [1.82, 2.24) is 4.98 Å². The van der Waals surface area contributed by atoms with Crippen molar-refractivity contribution in [3.05, 3.63) is 32.7 Å². The quantitative estimate of drug-likeness (QED) is 0.707. The molecule has 5 rings (SSSR count). The SMILES string of the molecule is C[C@]12CCC3C(CC[C@@H]4Cc5[nH]c(=O)c(C#N)c(C#N)c5C[C@]34C)[C@@H]1CC[C@@H]2O. The largest absolute Gasteiger partial charge is 0.393 e. The van der Waals surface area contributed by atoms with E-state index in [1.54, 1.807) is 0 Å². The molecule has 1 aromatic rings. The maximum Gasteiger partial charge on any atom is 0.267 e. The van der Waals surface area contributed by atoms with Gasteiger partial charge in [0.25, 0.3) is 5.56 Å². The molecular weight excluding hydrogens is 362 g/mol. The van der Waals surface area contributed by atoms with Gasteiger partial charge in [-0.25, -0.2) is 0 Å². The Morgan fingerprint density at radius 3 is 2.45 bits per heavy atom. The summed E-state index contributed by atoms with van der Waals surface area (Å²) in [6.07, 6.45) is 8.03. The number of hydrogen-bond acceptors (Lipinski definition) is 4. The molecule has 2 unspecified atom stereocenters. The molecule has 3 saturated carbocycles. The first-order valence-corrected chi connectivity index (χ1v) is 11.1. The van der Waals surface area contributed by atoms with Gasteiger partial charge in [0.15, 0.2) is 0 Å². The third-order valence-electron chi connectivity index (χ3n) is 9.65. The summed E-state index contributed by atoms with van der Waals surface area (Å²) < 4.78 is 0. The summed E-state index contributed by atoms with van der Waals surface area (Å²) in [6.45, 7) is 4.69. The lowest BCUT2D eigenvalue weighted by molar-refractivity contribution is -0.111. The molecule has 0 bridgehead atoms. The van der Waals surface area contributed by atoms with Gasteiger partial charge in [0, 0.05) is 5.69 Å². The predicted molar refractivity (Wildman–Crippen MR) is 108 cm³/mol. The van der Waals surface area contributed by atoms with Gasteiger partial charge in [-0.05, 0) is 91.4 Å². The molecule has 3 fully saturated rings. The smallest absolute Gasteiger partial charge is 0.267 e. The number of nitriles is 2. The molecule has 5 nitrogen and oxygen atoms in total. The number of nitrogens with one attached hydrogen (secondary N) is 1. The van der Waals surface area contributed by atoms with E-state index in [-0.39, 0.29) is 22.5 Å². The number of H-pyrrole nitrogens is 1. The van der Waals surface area contributed by atoms with E-state index in [0.29, 0.717) is 29.2 Å². The lowest BCUT2D eigenvalue weighted by atomic mass is 9.45. The molecule has 29 heavy (non-hydrogen) atoms. The van der Waals surface area contributed by atoms with E-state index in [1.165, 1.54) is 6.42 Å². The van der Waals surface area contributed by atoms with Crippen molar-refractivity contribution in [2.45, 2.75) is 71.3 Å². The zero-order chi connectivity index (χ0) is 20.6. The summed E-state index contributed by atoms with van der Waals surface area (Å²) >= 11 is 0. The molecule has 2 N–H and O–H groups in total. The molecule has 4 aliphatic rings. The minimum Gasteiger partial charge on any atom is -0.393 e. The number of rotatable bonds is 0. The molecule has 0 amide bonds. The van der Waals surface area contributed by atoms with E-state index in [4.69, 9.17) is 0 Å². The minimum absolute atomic E-state index is 0.0317. The maximum atomic E-state index is 12.3. The van der Waals surface area contributed by atoms with Crippen LogP contribution in [0.3, 0.4) is 0 Å². The molecule has 1 heterocycles. The van der Waals surface area contributed by atoms with Crippen LogP contribution < -0.4 is 5.56 Å². The van der Waals surface area contributed by atoms with Crippen molar-refractivity contribution in [3.8, 4) is 12.1 Å². The van der Waals surface area contributed by atoms with Crippen LogP contribution in [0.5, 0.6) is 0 Å². The molecule has 0 radical (unpaired) electrons. The van der Waals surface area contributed by atoms with Crippen LogP contribution in [0.1, 0.15) is 74.8 Å². The number of fused-ring (bicyclic) bond motifs is 6. The Morgan fingerprint density at radius 1 is 1.00 bits per heavy atom. The summed E-state index contributed by atoms with van der Waals surface area (Å²) in [6, 6.07) is 4.13. The van der Waals surface area contributed by atoms with Crippen LogP contribution in [0.25, 0.3) is 0 Å². The second-order valence-electron chi connectivity index (χ2n) is 10.6. The second kappa shape index (κ2) is 6.19. The van der Waals surface area contributed by atoms with E-state index in [9.17, 15) is 20.4 Å². The van der Waals surface area contributed by atoms with E-state index in [1.807, 2.05) is 6.07 Å². The zero-order valence-corrected chi connectivity index (χ0v) is 17.3. The fourth-order valence-electron chi connectivity index (χ4n) is 8.04. The molecule has 5 heteroatoms. The Morgan fingerprint density at radius 2 is 1.72 bits per heavy atom. The van der Waals surface area contributed by atoms with Gasteiger partial charge >= 0.3 is 0 Å². The van der Waals surface area contributed by atoms with Crippen molar-refractivity contribution >= 4 is 0 Å². The van der Waals surface area contributed by atoms with Crippen molar-refractivity contribution < 1.29 is 5.11 Å². The van der Waals surface area contributed by atoms with Crippen LogP contribution in [0.2, 0.25) is 0 Å². The number of pyridine rings is 1. The summed E-state index contributed by atoms with van der Waals surface area (Å²) in [7, 11) is 0. The lowest BCUT2D eigenvalue weighted by Gasteiger charge is -2.60. The number of hydrogen-bond donors (Lipinski definition) is 2. The van der Waals surface area contributed by atoms with Crippen molar-refractivity contribution in [3.63, 3.8) is 0 Å². The molecule has 4 aliphatic carbocycles. The fraction of sp³-hybridized carbons (Fsp3) is 0.708. The molecule has 0 saturated heterocycles. The van der Waals surface area contributed by atoms with Crippen LogP contribution in [0.4, 0.5) is 0 Å². The number of nitrogens with zero attached hydrogens (tertiary/aromatic N) is 2. The third kappa shape index (κ3) is 2.37. The molecule has 0 aromatic carbocycles. The van der Waals surface area contributed by atoms with E-state index in [0.717, 1.165) is 56.2 Å². The Labute approximate surface area is 171 Å². The first-order valence-electron chi connectivity index (χ1n) is 11.1. The second-order valence-corrected chi connectivity index (χ2v) is 10.6. The number of aromatic amines is 1. The van der Waals surface area contributed by atoms with Gasteiger partial charge in [-0.2, -0.15) is 10.5 Å². The van der Waals surface area contributed by atoms with E-state index in [2.05, 4.69) is 24.9 Å². The third-order valence-corrected chi connectivity index (χ3v) is 9.65. The Bertz CT molecular complexity index is 1010. The van der Waals surface area contributed by atoms with Gasteiger partial charge in [-0.15, -0.1) is 0 Å². The van der Waals surface area contributed by atoms with Gasteiger partial charge < -0.3 is 10.1 Å². The first kappa shape index (κ1) is 18.9. The van der Waals surface area contributed by atoms with Gasteiger partial charge in [0.05, 0.1) is 11.7 Å². The van der Waals surface area contributed by atoms with Crippen LogP contribution in [0, 0.1) is 57.2 Å². The molecule has 7 atom stereocenters. The van der Waals surface area contributed by atoms with Crippen molar-refractivity contribution in [2.75, 3.05) is 0 Å². The van der Waals surface area contributed by atoms with E-state index >= 15 is 0 Å². The maximum absolute atomic E-state index is 12.3. The molecule has 0 aliphatic heterocycles. The van der Waals surface area contributed by atoms with E-state index < -0.39 is 5.56 Å². The lowest BCUT2D eigenvalue weighted by Crippen LogP contribution is -2.55. The monoisotopic (exact) mass is 391 g/mol. The van der Waals surface area contributed by atoms with Crippen molar-refractivity contribution in [1.29, 1.82) is 10.5 Å². The predicted octanol–water partition coefficient (Wildman–Crippen LogP) is 3.44. The standard InChI is InChI=1S/C24H29N3O2/c1-23-8-7-19-14(18(23)5-6-21(23)28)4-3-13-9-20-15(10-24(13,19)2)16(11-25)17(12-26)22(29)27-20/h13-14,18-19,21,28H,3-10H2,1-2H3,(H,27,29)/t13-,14?,18+,19?,21+,23+,24+/m1/s1. The average Bonchev–Trinajstić information content (AvgIpc) is 3.00. The van der Waals surface area contributed by atoms with Crippen molar-refractivity contribution in [2.24, 2.45) is 34.5 Å². The average molecular weight is 392 g/mol. The van der Waals surface area contributed by atoms with Gasteiger partial charge in [-0.1, -0.05) is 13.8 Å². The Hall–Kier alpha value is -2.11. The summed E-state index contributed by atoms with van der Waals surface area (Å²) in [5.41, 5.74) is 1.77. The highest BCUT2D eigenvalue weighted by molar-refractivity contribution is 5.52. The highest BCUT2D eigenvalue weighted by Crippen LogP contribution is 2.65. The van der Waals surface area contributed by atoms with Crippen LogP contribution >= 0.6 is 0 Å². The summed E-state index contributed by atoms with van der Waals surface area (Å²) in [5.74, 6) is 2.32. The number of aromatic nitrogens is 1. The zero-order valence-electron chi connectivity index (χ0n) is 17.3. The Balaban J connectivity index is 1.57. The Kier molecular flexibility index (Phi) is 4.03. The topological polar surface area (TPSA) is 101 Å². The normalized spacial score (nSPS) is 42.6. The molecule has 0 spiro atoms. The first-order chi connectivity index (χ1) is 13.8. The minimum atomic E-state index is -0.423. The van der Waals surface area contributed by atoms with Crippen LogP contribution in [0.15, 0.2) is 4.79 Å². The van der Waals surface area contributed by atoms with Crippen LogP contribution in [-0.2, 0) is 12.8 Å². The number of aliphatic hydroxyl groups is 1. The van der Waals surface area contributed by atoms with Gasteiger partial charge in [0.2, 0.25) is 0 Å². The number of aliphatic hydroxyl groups excluding tert-OH is 1. The molecule has 152 valence electrons.